The predicted molar refractivity (Wildman–Crippen MR) is 102 cm³/mol. The highest BCUT2D eigenvalue weighted by molar-refractivity contribution is 14.1. The van der Waals surface area contributed by atoms with Gasteiger partial charge in [-0.05, 0) is 85.3 Å². The summed E-state index contributed by atoms with van der Waals surface area (Å²) >= 11 is 2.23. The monoisotopic (exact) mass is 435 g/mol. The molecule has 0 saturated heterocycles. The van der Waals surface area contributed by atoms with E-state index in [4.69, 9.17) is 4.74 Å². The first-order chi connectivity index (χ1) is 11.2. The molecule has 0 aromatic heterocycles. The Morgan fingerprint density at radius 1 is 1.21 bits per heavy atom. The van der Waals surface area contributed by atoms with Gasteiger partial charge in [0.1, 0.15) is 11.4 Å². The quantitative estimate of drug-likeness (QED) is 0.702. The van der Waals surface area contributed by atoms with Crippen molar-refractivity contribution in [2.75, 3.05) is 5.32 Å². The summed E-state index contributed by atoms with van der Waals surface area (Å²) in [5.41, 5.74) is 2.17. The first-order valence-electron chi connectivity index (χ1n) is 7.69. The number of hydrogen-bond donors (Lipinski definition) is 1. The minimum atomic E-state index is -0.508. The molecule has 124 valence electrons. The van der Waals surface area contributed by atoms with Crippen LogP contribution in [0.15, 0.2) is 36.4 Å². The first-order valence-corrected chi connectivity index (χ1v) is 8.77. The van der Waals surface area contributed by atoms with Gasteiger partial charge in [0.15, 0.2) is 5.78 Å². The van der Waals surface area contributed by atoms with Crippen LogP contribution < -0.4 is 10.1 Å². The van der Waals surface area contributed by atoms with E-state index in [2.05, 4.69) is 27.9 Å². The lowest BCUT2D eigenvalue weighted by molar-refractivity contribution is 0.0620. The average molecular weight is 435 g/mol. The van der Waals surface area contributed by atoms with Gasteiger partial charge in [-0.15, -0.1) is 0 Å². The summed E-state index contributed by atoms with van der Waals surface area (Å²) in [4.78, 5) is 24.8. The Labute approximate surface area is 154 Å². The third-order valence-corrected chi connectivity index (χ3v) is 4.62. The first kappa shape index (κ1) is 17.0. The SMILES string of the molecule is Cc1cc(I)ccc1NC(=O)c1ccc2c(c1)C(=O)CC(C)(C)O2. The minimum Gasteiger partial charge on any atom is -0.487 e. The van der Waals surface area contributed by atoms with E-state index in [1.54, 1.807) is 18.2 Å². The van der Waals surface area contributed by atoms with Gasteiger partial charge in [-0.25, -0.2) is 0 Å². The van der Waals surface area contributed by atoms with E-state index < -0.39 is 5.60 Å². The van der Waals surface area contributed by atoms with E-state index in [1.807, 2.05) is 39.0 Å². The molecule has 0 unspecified atom stereocenters. The van der Waals surface area contributed by atoms with Crippen molar-refractivity contribution >= 4 is 40.0 Å². The molecule has 2 aromatic carbocycles. The maximum atomic E-state index is 12.5. The van der Waals surface area contributed by atoms with Gasteiger partial charge in [0.25, 0.3) is 5.91 Å². The van der Waals surface area contributed by atoms with Gasteiger partial charge in [0, 0.05) is 14.8 Å². The molecule has 24 heavy (non-hydrogen) atoms. The van der Waals surface area contributed by atoms with Crippen molar-refractivity contribution < 1.29 is 14.3 Å². The summed E-state index contributed by atoms with van der Waals surface area (Å²) in [7, 11) is 0. The second-order valence-corrected chi connectivity index (χ2v) is 7.83. The highest BCUT2D eigenvalue weighted by Gasteiger charge is 2.32. The van der Waals surface area contributed by atoms with Crippen molar-refractivity contribution in [3.8, 4) is 5.75 Å². The van der Waals surface area contributed by atoms with Crippen LogP contribution in [0.4, 0.5) is 5.69 Å². The van der Waals surface area contributed by atoms with Crippen LogP contribution in [0.5, 0.6) is 5.75 Å². The number of Topliss-reactive ketones (excluding diaryl/α,β-unsaturated/α-hetero) is 1. The third-order valence-electron chi connectivity index (χ3n) is 3.95. The highest BCUT2D eigenvalue weighted by atomic mass is 127. The zero-order valence-corrected chi connectivity index (χ0v) is 15.9. The van der Waals surface area contributed by atoms with Crippen LogP contribution in [0.2, 0.25) is 0 Å². The minimum absolute atomic E-state index is 0.00125. The molecule has 0 radical (unpaired) electrons. The van der Waals surface area contributed by atoms with Crippen molar-refractivity contribution in [2.45, 2.75) is 32.8 Å². The molecule has 1 aliphatic heterocycles. The molecular weight excluding hydrogens is 417 g/mol. The topological polar surface area (TPSA) is 55.4 Å². The number of amides is 1. The molecule has 2 aromatic rings. The molecule has 0 atom stereocenters. The summed E-state index contributed by atoms with van der Waals surface area (Å²) in [6, 6.07) is 10.8. The normalized spacial score (nSPS) is 15.4. The molecule has 4 nitrogen and oxygen atoms in total. The van der Waals surface area contributed by atoms with Gasteiger partial charge in [-0.2, -0.15) is 0 Å². The second kappa shape index (κ2) is 6.20. The van der Waals surface area contributed by atoms with E-state index in [9.17, 15) is 9.59 Å². The molecule has 1 amide bonds. The molecule has 0 saturated carbocycles. The summed E-state index contributed by atoms with van der Waals surface area (Å²) in [6.07, 6.45) is 0.307. The zero-order valence-electron chi connectivity index (χ0n) is 13.8. The molecule has 0 spiro atoms. The van der Waals surface area contributed by atoms with Gasteiger partial charge in [-0.1, -0.05) is 0 Å². The van der Waals surface area contributed by atoms with Crippen molar-refractivity contribution in [3.05, 3.63) is 56.7 Å². The highest BCUT2D eigenvalue weighted by Crippen LogP contribution is 2.33. The Morgan fingerprint density at radius 2 is 1.96 bits per heavy atom. The Bertz CT molecular complexity index is 843. The smallest absolute Gasteiger partial charge is 0.255 e. The molecule has 1 N–H and O–H groups in total. The van der Waals surface area contributed by atoms with Gasteiger partial charge in [0.2, 0.25) is 0 Å². The summed E-state index contributed by atoms with van der Waals surface area (Å²) in [5.74, 6) is 0.305. The molecular formula is C19H18INO3. The lowest BCUT2D eigenvalue weighted by Crippen LogP contribution is -2.36. The second-order valence-electron chi connectivity index (χ2n) is 6.59. The lowest BCUT2D eigenvalue weighted by Gasteiger charge is -2.31. The summed E-state index contributed by atoms with van der Waals surface area (Å²) in [5, 5.41) is 2.90. The van der Waals surface area contributed by atoms with Crippen LogP contribution in [0.3, 0.4) is 0 Å². The van der Waals surface area contributed by atoms with Gasteiger partial charge >= 0.3 is 0 Å². The predicted octanol–water partition coefficient (Wildman–Crippen LogP) is 4.60. The fraction of sp³-hybridized carbons (Fsp3) is 0.263. The van der Waals surface area contributed by atoms with Crippen LogP contribution in [-0.4, -0.2) is 17.3 Å². The molecule has 0 aliphatic carbocycles. The summed E-state index contributed by atoms with van der Waals surface area (Å²) in [6.45, 7) is 5.71. The van der Waals surface area contributed by atoms with E-state index in [0.717, 1.165) is 14.8 Å². The molecule has 1 heterocycles. The number of benzene rings is 2. The van der Waals surface area contributed by atoms with Crippen molar-refractivity contribution in [1.82, 2.24) is 0 Å². The van der Waals surface area contributed by atoms with E-state index in [-0.39, 0.29) is 11.7 Å². The van der Waals surface area contributed by atoms with Crippen LogP contribution in [0.25, 0.3) is 0 Å². The number of aryl methyl sites for hydroxylation is 1. The lowest BCUT2D eigenvalue weighted by atomic mass is 9.92. The maximum absolute atomic E-state index is 12.5. The number of ether oxygens (including phenoxy) is 1. The number of carbonyl (C=O) groups is 2. The standard InChI is InChI=1S/C19H18INO3/c1-11-8-13(20)5-6-15(11)21-18(23)12-4-7-17-14(9-12)16(22)10-19(2,3)24-17/h4-9H,10H2,1-3H3,(H,21,23). The Hall–Kier alpha value is -1.89. The van der Waals surface area contributed by atoms with Crippen LogP contribution in [-0.2, 0) is 0 Å². The van der Waals surface area contributed by atoms with Crippen LogP contribution >= 0.6 is 22.6 Å². The zero-order chi connectivity index (χ0) is 17.5. The number of carbonyl (C=O) groups excluding carboxylic acids is 2. The number of nitrogens with one attached hydrogen (secondary N) is 1. The fourth-order valence-electron chi connectivity index (χ4n) is 2.76. The number of fused-ring (bicyclic) bond motifs is 1. The van der Waals surface area contributed by atoms with E-state index >= 15 is 0 Å². The largest absolute Gasteiger partial charge is 0.487 e. The number of anilines is 1. The molecule has 5 heteroatoms. The summed E-state index contributed by atoms with van der Waals surface area (Å²) < 4.78 is 6.93. The van der Waals surface area contributed by atoms with Gasteiger partial charge in [0.05, 0.1) is 12.0 Å². The fourth-order valence-corrected chi connectivity index (χ4v) is 3.40. The number of halogens is 1. The molecule has 3 rings (SSSR count). The van der Waals surface area contributed by atoms with E-state index in [0.29, 0.717) is 23.3 Å². The maximum Gasteiger partial charge on any atom is 0.255 e. The van der Waals surface area contributed by atoms with E-state index in [1.165, 1.54) is 0 Å². The van der Waals surface area contributed by atoms with Gasteiger partial charge in [-0.3, -0.25) is 9.59 Å². The molecule has 0 bridgehead atoms. The number of ketones is 1. The Morgan fingerprint density at radius 3 is 2.67 bits per heavy atom. The third kappa shape index (κ3) is 3.45. The molecule has 1 aliphatic rings. The van der Waals surface area contributed by atoms with Crippen molar-refractivity contribution in [3.63, 3.8) is 0 Å². The van der Waals surface area contributed by atoms with Gasteiger partial charge < -0.3 is 10.1 Å². The Kier molecular flexibility index (Phi) is 4.38. The number of rotatable bonds is 2. The average Bonchev–Trinajstić information content (AvgIpc) is 2.48. The van der Waals surface area contributed by atoms with Crippen molar-refractivity contribution in [1.29, 1.82) is 0 Å². The van der Waals surface area contributed by atoms with Crippen molar-refractivity contribution in [2.24, 2.45) is 0 Å². The van der Waals surface area contributed by atoms with Crippen LogP contribution in [0, 0.1) is 10.5 Å². The number of hydrogen-bond acceptors (Lipinski definition) is 3. The molecule has 0 fully saturated rings. The van der Waals surface area contributed by atoms with Crippen LogP contribution in [0.1, 0.15) is 46.5 Å². The Balaban J connectivity index is 1.87.